The van der Waals surface area contributed by atoms with Gasteiger partial charge in [0.05, 0.1) is 0 Å². The van der Waals surface area contributed by atoms with Crippen LogP contribution in [0.15, 0.2) is 54.9 Å². The van der Waals surface area contributed by atoms with E-state index < -0.39 is 0 Å². The van der Waals surface area contributed by atoms with E-state index in [1.165, 1.54) is 12.0 Å². The molecule has 1 aromatic carbocycles. The fraction of sp³-hybridized carbons (Fsp3) is 0.250. The molecule has 3 heteroatoms. The maximum Gasteiger partial charge on any atom is 0.305 e. The number of nitrogens with zero attached hydrogens (tertiary/aromatic N) is 1. The maximum absolute atomic E-state index is 12.0. The summed E-state index contributed by atoms with van der Waals surface area (Å²) in [6.07, 6.45) is 7.19. The monoisotopic (exact) mass is 255 g/mol. The number of hydrogen-bond donors (Lipinski definition) is 1. The van der Waals surface area contributed by atoms with Gasteiger partial charge in [-0.05, 0) is 31.0 Å². The zero-order valence-electron chi connectivity index (χ0n) is 11.2. The summed E-state index contributed by atoms with van der Waals surface area (Å²) in [5, 5.41) is 0. The van der Waals surface area contributed by atoms with Crippen molar-refractivity contribution in [3.8, 4) is 0 Å². The molecule has 1 heterocycles. The number of rotatable bonds is 5. The van der Waals surface area contributed by atoms with Gasteiger partial charge in [0.15, 0.2) is 6.20 Å². The molecule has 1 aromatic heterocycles. The molecule has 0 spiro atoms. The third-order valence-electron chi connectivity index (χ3n) is 2.95. The zero-order valence-corrected chi connectivity index (χ0v) is 11.2. The number of unbranched alkanes of at least 4 members (excludes halogenated alkanes) is 1. The number of amides is 1. The van der Waals surface area contributed by atoms with Crippen molar-refractivity contribution in [1.29, 1.82) is 0 Å². The lowest BCUT2D eigenvalue weighted by Gasteiger charge is -2.01. The fourth-order valence-corrected chi connectivity index (χ4v) is 1.89. The van der Waals surface area contributed by atoms with Crippen LogP contribution >= 0.6 is 0 Å². The molecule has 0 fully saturated rings. The lowest BCUT2D eigenvalue weighted by atomic mass is 10.1. The fourth-order valence-electron chi connectivity index (χ4n) is 1.89. The van der Waals surface area contributed by atoms with Gasteiger partial charge in [0.1, 0.15) is 0 Å². The van der Waals surface area contributed by atoms with Gasteiger partial charge in [-0.15, -0.1) is 5.43 Å². The van der Waals surface area contributed by atoms with E-state index in [0.717, 1.165) is 12.8 Å². The first-order valence-electron chi connectivity index (χ1n) is 6.66. The first kappa shape index (κ1) is 13.3. The highest BCUT2D eigenvalue weighted by molar-refractivity contribution is 5.98. The van der Waals surface area contributed by atoms with Crippen molar-refractivity contribution < 1.29 is 9.47 Å². The second kappa shape index (κ2) is 6.69. The van der Waals surface area contributed by atoms with E-state index in [-0.39, 0.29) is 5.91 Å². The Morgan fingerprint density at radius 1 is 1.16 bits per heavy atom. The second-order valence-corrected chi connectivity index (χ2v) is 4.53. The number of benzene rings is 1. The van der Waals surface area contributed by atoms with Crippen LogP contribution < -0.4 is 10.1 Å². The van der Waals surface area contributed by atoms with Crippen molar-refractivity contribution in [2.75, 3.05) is 5.43 Å². The molecule has 0 atom stereocenters. The van der Waals surface area contributed by atoms with Gasteiger partial charge in [0.2, 0.25) is 6.20 Å². The van der Waals surface area contributed by atoms with Gasteiger partial charge >= 0.3 is 5.91 Å². The quantitative estimate of drug-likeness (QED) is 0.819. The van der Waals surface area contributed by atoms with Crippen LogP contribution in [-0.2, 0) is 6.42 Å². The summed E-state index contributed by atoms with van der Waals surface area (Å²) in [5.74, 6) is -0.0989. The minimum atomic E-state index is -0.0989. The number of hydrogen-bond acceptors (Lipinski definition) is 1. The topological polar surface area (TPSA) is 33.0 Å². The minimum absolute atomic E-state index is 0.0989. The molecule has 2 rings (SSSR count). The molecule has 19 heavy (non-hydrogen) atoms. The Balaban J connectivity index is 2.05. The van der Waals surface area contributed by atoms with Gasteiger partial charge in [-0.1, -0.05) is 36.2 Å². The molecule has 0 aliphatic heterocycles. The van der Waals surface area contributed by atoms with Gasteiger partial charge < -0.3 is 0 Å². The number of nitrogens with one attached hydrogen (secondary N) is 1. The lowest BCUT2D eigenvalue weighted by Crippen LogP contribution is -2.48. The van der Waals surface area contributed by atoms with Crippen LogP contribution in [0.4, 0.5) is 0 Å². The standard InChI is InChI=1S/C16H18N2O/c1-2-3-8-14-9-7-12-18(13-14)17-16(19)15-10-5-4-6-11-15/h4-7,9-13H,2-3,8H2,1H3/p+1. The van der Waals surface area contributed by atoms with E-state index in [4.69, 9.17) is 0 Å². The smallest absolute Gasteiger partial charge is 0.264 e. The van der Waals surface area contributed by atoms with Crippen molar-refractivity contribution in [3.63, 3.8) is 0 Å². The van der Waals surface area contributed by atoms with Crippen molar-refractivity contribution in [1.82, 2.24) is 0 Å². The summed E-state index contributed by atoms with van der Waals surface area (Å²) in [5.41, 5.74) is 4.75. The van der Waals surface area contributed by atoms with Crippen LogP contribution in [0.3, 0.4) is 0 Å². The van der Waals surface area contributed by atoms with E-state index in [0.29, 0.717) is 5.56 Å². The first-order chi connectivity index (χ1) is 9.29. The van der Waals surface area contributed by atoms with Crippen LogP contribution in [0.1, 0.15) is 35.7 Å². The van der Waals surface area contributed by atoms with Gasteiger partial charge in [0.25, 0.3) is 0 Å². The molecule has 0 saturated carbocycles. The Morgan fingerprint density at radius 3 is 2.68 bits per heavy atom. The second-order valence-electron chi connectivity index (χ2n) is 4.53. The van der Waals surface area contributed by atoms with Crippen molar-refractivity contribution in [3.05, 3.63) is 66.0 Å². The van der Waals surface area contributed by atoms with Gasteiger partial charge in [-0.3, -0.25) is 4.79 Å². The Bertz CT molecular complexity index is 537. The van der Waals surface area contributed by atoms with Crippen molar-refractivity contribution in [2.24, 2.45) is 0 Å². The van der Waals surface area contributed by atoms with Gasteiger partial charge in [0, 0.05) is 17.2 Å². The third-order valence-corrected chi connectivity index (χ3v) is 2.95. The summed E-state index contributed by atoms with van der Waals surface area (Å²) < 4.78 is 1.72. The first-order valence-corrected chi connectivity index (χ1v) is 6.66. The average Bonchev–Trinajstić information content (AvgIpc) is 2.46. The van der Waals surface area contributed by atoms with E-state index in [9.17, 15) is 4.79 Å². The number of aryl methyl sites for hydroxylation is 1. The number of carbonyl (C=O) groups excluding carboxylic acids is 1. The van der Waals surface area contributed by atoms with Gasteiger partial charge in [-0.25, -0.2) is 0 Å². The van der Waals surface area contributed by atoms with Crippen LogP contribution in [0.2, 0.25) is 0 Å². The number of carbonyl (C=O) groups is 1. The van der Waals surface area contributed by atoms with Crippen LogP contribution in [0.25, 0.3) is 0 Å². The highest BCUT2D eigenvalue weighted by Crippen LogP contribution is 2.01. The summed E-state index contributed by atoms with van der Waals surface area (Å²) in [4.78, 5) is 12.0. The predicted molar refractivity (Wildman–Crippen MR) is 75.4 cm³/mol. The predicted octanol–water partition coefficient (Wildman–Crippen LogP) is 2.70. The molecule has 1 N–H and O–H groups in total. The Morgan fingerprint density at radius 2 is 1.95 bits per heavy atom. The minimum Gasteiger partial charge on any atom is -0.264 e. The third kappa shape index (κ3) is 3.91. The molecule has 0 saturated heterocycles. The lowest BCUT2D eigenvalue weighted by molar-refractivity contribution is -0.641. The highest BCUT2D eigenvalue weighted by atomic mass is 16.2. The Labute approximate surface area is 113 Å². The van der Waals surface area contributed by atoms with E-state index >= 15 is 0 Å². The number of pyridine rings is 1. The summed E-state index contributed by atoms with van der Waals surface area (Å²) in [6, 6.07) is 13.3. The van der Waals surface area contributed by atoms with Crippen LogP contribution in [0, 0.1) is 0 Å². The van der Waals surface area contributed by atoms with Crippen LogP contribution in [0.5, 0.6) is 0 Å². The largest absolute Gasteiger partial charge is 0.305 e. The van der Waals surface area contributed by atoms with E-state index in [1.54, 1.807) is 16.8 Å². The summed E-state index contributed by atoms with van der Waals surface area (Å²) >= 11 is 0. The molecule has 0 aliphatic carbocycles. The Hall–Kier alpha value is -2.16. The molecule has 0 aliphatic rings. The molecular formula is C16H19N2O+. The molecule has 0 unspecified atom stereocenters. The molecule has 0 radical (unpaired) electrons. The van der Waals surface area contributed by atoms with E-state index in [1.807, 2.05) is 36.7 Å². The normalized spacial score (nSPS) is 10.2. The molecule has 3 nitrogen and oxygen atoms in total. The van der Waals surface area contributed by atoms with Gasteiger partial charge in [-0.2, -0.15) is 0 Å². The average molecular weight is 255 g/mol. The van der Waals surface area contributed by atoms with Crippen LogP contribution in [-0.4, -0.2) is 5.91 Å². The van der Waals surface area contributed by atoms with Crippen molar-refractivity contribution >= 4 is 5.91 Å². The molecule has 2 aromatic rings. The molecule has 98 valence electrons. The molecule has 1 amide bonds. The number of aromatic nitrogens is 1. The summed E-state index contributed by atoms with van der Waals surface area (Å²) in [7, 11) is 0. The van der Waals surface area contributed by atoms with E-state index in [2.05, 4.69) is 18.4 Å². The molecular weight excluding hydrogens is 236 g/mol. The maximum atomic E-state index is 12.0. The zero-order chi connectivity index (χ0) is 13.5. The SMILES string of the molecule is CCCCc1ccc[n+](NC(=O)c2ccccc2)c1. The molecule has 0 bridgehead atoms. The van der Waals surface area contributed by atoms with Crippen molar-refractivity contribution in [2.45, 2.75) is 26.2 Å². The summed E-state index contributed by atoms with van der Waals surface area (Å²) in [6.45, 7) is 2.17. The Kier molecular flexibility index (Phi) is 4.67. The highest BCUT2D eigenvalue weighted by Gasteiger charge is 2.10.